The lowest BCUT2D eigenvalue weighted by Crippen LogP contribution is -2.43. The van der Waals surface area contributed by atoms with E-state index in [1.807, 2.05) is 54.6 Å². The number of rotatable bonds is 4. The van der Waals surface area contributed by atoms with Crippen LogP contribution in [0.4, 0.5) is 4.79 Å². The molecule has 2 unspecified atom stereocenters. The number of aliphatic carboxylic acids is 1. The van der Waals surface area contributed by atoms with E-state index in [0.29, 0.717) is 5.75 Å². The first-order valence-electron chi connectivity index (χ1n) is 9.27. The molecule has 1 heterocycles. The molecule has 28 heavy (non-hydrogen) atoms. The number of hydrogen-bond acceptors (Lipinski definition) is 4. The zero-order chi connectivity index (χ0) is 20.3. The van der Waals surface area contributed by atoms with E-state index in [0.717, 1.165) is 11.1 Å². The predicted molar refractivity (Wildman–Crippen MR) is 105 cm³/mol. The first-order valence-corrected chi connectivity index (χ1v) is 9.27. The summed E-state index contributed by atoms with van der Waals surface area (Å²) in [6.45, 7) is 5.42. The molecule has 0 aromatic heterocycles. The summed E-state index contributed by atoms with van der Waals surface area (Å²) in [6.07, 6.45) is -0.823. The van der Waals surface area contributed by atoms with Gasteiger partial charge in [0.15, 0.2) is 0 Å². The Labute approximate surface area is 164 Å². The second-order valence-electron chi connectivity index (χ2n) is 7.85. The molecule has 2 aromatic rings. The van der Waals surface area contributed by atoms with Gasteiger partial charge in [-0.05, 0) is 44.0 Å². The summed E-state index contributed by atoms with van der Waals surface area (Å²) >= 11 is 0. The highest BCUT2D eigenvalue weighted by atomic mass is 16.6. The SMILES string of the molecule is CC(C)(C)OC(=O)N1CC(Oc2ccc(-c3ccccc3)cc2)CC1C(=O)O. The van der Waals surface area contributed by atoms with E-state index < -0.39 is 29.8 Å². The van der Waals surface area contributed by atoms with Crippen LogP contribution in [0.25, 0.3) is 11.1 Å². The van der Waals surface area contributed by atoms with Gasteiger partial charge in [0.25, 0.3) is 0 Å². The molecular formula is C22H25NO5. The molecular weight excluding hydrogens is 358 g/mol. The molecule has 1 aliphatic rings. The Morgan fingerprint density at radius 2 is 1.61 bits per heavy atom. The lowest BCUT2D eigenvalue weighted by atomic mass is 10.1. The fourth-order valence-corrected chi connectivity index (χ4v) is 3.19. The maximum atomic E-state index is 12.4. The molecule has 6 nitrogen and oxygen atoms in total. The van der Waals surface area contributed by atoms with Crippen LogP contribution in [0, 0.1) is 0 Å². The van der Waals surface area contributed by atoms with E-state index in [1.54, 1.807) is 20.8 Å². The van der Waals surface area contributed by atoms with Crippen LogP contribution in [0.2, 0.25) is 0 Å². The Hall–Kier alpha value is -3.02. The average molecular weight is 383 g/mol. The van der Waals surface area contributed by atoms with Crippen molar-refractivity contribution in [3.63, 3.8) is 0 Å². The van der Waals surface area contributed by atoms with E-state index in [-0.39, 0.29) is 13.0 Å². The number of ether oxygens (including phenoxy) is 2. The number of carboxylic acids is 1. The highest BCUT2D eigenvalue weighted by molar-refractivity contribution is 5.81. The van der Waals surface area contributed by atoms with E-state index in [9.17, 15) is 14.7 Å². The lowest BCUT2D eigenvalue weighted by Gasteiger charge is -2.26. The molecule has 0 aliphatic carbocycles. The minimum absolute atomic E-state index is 0.173. The number of hydrogen-bond donors (Lipinski definition) is 1. The van der Waals surface area contributed by atoms with Crippen LogP contribution < -0.4 is 4.74 Å². The van der Waals surface area contributed by atoms with Gasteiger partial charge >= 0.3 is 12.1 Å². The van der Waals surface area contributed by atoms with E-state index >= 15 is 0 Å². The van der Waals surface area contributed by atoms with E-state index in [4.69, 9.17) is 9.47 Å². The summed E-state index contributed by atoms with van der Waals surface area (Å²) in [7, 11) is 0. The van der Waals surface area contributed by atoms with Gasteiger partial charge in [-0.3, -0.25) is 4.90 Å². The number of likely N-dealkylation sites (tertiary alicyclic amines) is 1. The van der Waals surface area contributed by atoms with Crippen LogP contribution in [0.15, 0.2) is 54.6 Å². The molecule has 1 saturated heterocycles. The van der Waals surface area contributed by atoms with Gasteiger partial charge in [-0.25, -0.2) is 9.59 Å². The van der Waals surface area contributed by atoms with E-state index in [1.165, 1.54) is 4.90 Å². The zero-order valence-corrected chi connectivity index (χ0v) is 16.3. The van der Waals surface area contributed by atoms with Crippen molar-refractivity contribution in [2.24, 2.45) is 0 Å². The number of amides is 1. The van der Waals surface area contributed by atoms with Gasteiger partial charge < -0.3 is 14.6 Å². The van der Waals surface area contributed by atoms with Crippen molar-refractivity contribution < 1.29 is 24.2 Å². The normalized spacial score (nSPS) is 19.3. The highest BCUT2D eigenvalue weighted by Crippen LogP contribution is 2.27. The van der Waals surface area contributed by atoms with Gasteiger partial charge in [0.2, 0.25) is 0 Å². The Balaban J connectivity index is 1.67. The van der Waals surface area contributed by atoms with Gasteiger partial charge in [0, 0.05) is 6.42 Å². The fourth-order valence-electron chi connectivity index (χ4n) is 3.19. The van der Waals surface area contributed by atoms with Gasteiger partial charge in [-0.2, -0.15) is 0 Å². The van der Waals surface area contributed by atoms with Crippen molar-refractivity contribution in [3.8, 4) is 16.9 Å². The Kier molecular flexibility index (Phi) is 5.58. The van der Waals surface area contributed by atoms with Crippen LogP contribution in [0.1, 0.15) is 27.2 Å². The minimum Gasteiger partial charge on any atom is -0.488 e. The minimum atomic E-state index is -1.06. The molecule has 0 spiro atoms. The van der Waals surface area contributed by atoms with Crippen molar-refractivity contribution in [2.75, 3.05) is 6.54 Å². The second kappa shape index (κ2) is 7.92. The molecule has 0 bridgehead atoms. The van der Waals surface area contributed by atoms with Crippen molar-refractivity contribution in [3.05, 3.63) is 54.6 Å². The fraction of sp³-hybridized carbons (Fsp3) is 0.364. The summed E-state index contributed by atoms with van der Waals surface area (Å²) < 4.78 is 11.3. The molecule has 1 fully saturated rings. The number of benzene rings is 2. The van der Waals surface area contributed by atoms with Crippen LogP contribution >= 0.6 is 0 Å². The first kappa shape index (κ1) is 19.7. The molecule has 0 saturated carbocycles. The van der Waals surface area contributed by atoms with Crippen LogP contribution in [0.3, 0.4) is 0 Å². The molecule has 1 N–H and O–H groups in total. The summed E-state index contributed by atoms with van der Waals surface area (Å²) in [5.74, 6) is -0.420. The highest BCUT2D eigenvalue weighted by Gasteiger charge is 2.42. The quantitative estimate of drug-likeness (QED) is 0.856. The van der Waals surface area contributed by atoms with Crippen LogP contribution in [0.5, 0.6) is 5.75 Å². The number of nitrogens with zero attached hydrogens (tertiary/aromatic N) is 1. The topological polar surface area (TPSA) is 76.1 Å². The smallest absolute Gasteiger partial charge is 0.411 e. The Morgan fingerprint density at radius 3 is 2.18 bits per heavy atom. The molecule has 1 aliphatic heterocycles. The maximum absolute atomic E-state index is 12.4. The summed E-state index contributed by atoms with van der Waals surface area (Å²) in [6, 6.07) is 16.7. The lowest BCUT2D eigenvalue weighted by molar-refractivity contribution is -0.142. The first-order chi connectivity index (χ1) is 13.2. The zero-order valence-electron chi connectivity index (χ0n) is 16.3. The number of carboxylic acid groups (broad SMARTS) is 1. The molecule has 0 radical (unpaired) electrons. The van der Waals surface area contributed by atoms with Crippen LogP contribution in [-0.4, -0.2) is 46.4 Å². The van der Waals surface area contributed by atoms with Crippen molar-refractivity contribution in [1.82, 2.24) is 4.90 Å². The van der Waals surface area contributed by atoms with E-state index in [2.05, 4.69) is 0 Å². The van der Waals surface area contributed by atoms with Crippen LogP contribution in [-0.2, 0) is 9.53 Å². The van der Waals surface area contributed by atoms with Gasteiger partial charge in [-0.1, -0.05) is 42.5 Å². The van der Waals surface area contributed by atoms with Crippen molar-refractivity contribution in [1.29, 1.82) is 0 Å². The Morgan fingerprint density at radius 1 is 1.00 bits per heavy atom. The van der Waals surface area contributed by atoms with Gasteiger partial charge in [0.05, 0.1) is 6.54 Å². The Bertz CT molecular complexity index is 826. The molecule has 2 aromatic carbocycles. The predicted octanol–water partition coefficient (Wildman–Crippen LogP) is 4.20. The monoisotopic (exact) mass is 383 g/mol. The number of carbonyl (C=O) groups excluding carboxylic acids is 1. The molecule has 6 heteroatoms. The summed E-state index contributed by atoms with van der Waals surface area (Å²) in [4.78, 5) is 25.2. The third-order valence-electron chi connectivity index (χ3n) is 4.44. The van der Waals surface area contributed by atoms with Gasteiger partial charge in [-0.15, -0.1) is 0 Å². The standard InChI is InChI=1S/C22H25NO5/c1-22(2,3)28-21(26)23-14-18(13-19(23)20(24)25)27-17-11-9-16(10-12-17)15-7-5-4-6-8-15/h4-12,18-19H,13-14H2,1-3H3,(H,24,25). The van der Waals surface area contributed by atoms with Crippen molar-refractivity contribution >= 4 is 12.1 Å². The number of carbonyl (C=O) groups is 2. The van der Waals surface area contributed by atoms with Gasteiger partial charge in [0.1, 0.15) is 23.5 Å². The summed E-state index contributed by atoms with van der Waals surface area (Å²) in [5.41, 5.74) is 1.49. The third-order valence-corrected chi connectivity index (χ3v) is 4.44. The molecule has 2 atom stereocenters. The average Bonchev–Trinajstić information content (AvgIpc) is 3.06. The second-order valence-corrected chi connectivity index (χ2v) is 7.85. The molecule has 3 rings (SSSR count). The third kappa shape index (κ3) is 4.82. The molecule has 1 amide bonds. The maximum Gasteiger partial charge on any atom is 0.411 e. The largest absolute Gasteiger partial charge is 0.488 e. The summed E-state index contributed by atoms with van der Waals surface area (Å²) in [5, 5.41) is 9.47. The van der Waals surface area contributed by atoms with Crippen molar-refractivity contribution in [2.45, 2.75) is 44.9 Å². The molecule has 148 valence electrons.